The number of nitrogens with zero attached hydrogens (tertiary/aromatic N) is 1. The number of hydrogen-bond donors (Lipinski definition) is 0. The van der Waals surface area contributed by atoms with Gasteiger partial charge in [0.25, 0.3) is 0 Å². The molecule has 0 aliphatic carbocycles. The van der Waals surface area contributed by atoms with E-state index in [1.165, 1.54) is 5.56 Å². The highest BCUT2D eigenvalue weighted by Crippen LogP contribution is 2.35. The van der Waals surface area contributed by atoms with E-state index in [0.29, 0.717) is 19.8 Å². The maximum absolute atomic E-state index is 12.7. The van der Waals surface area contributed by atoms with Gasteiger partial charge in [0.05, 0.1) is 18.0 Å². The number of sulfonamides is 1. The first-order valence-electron chi connectivity index (χ1n) is 7.99. The average molecular weight is 323 g/mol. The van der Waals surface area contributed by atoms with Crippen LogP contribution in [0.4, 0.5) is 5.69 Å². The fourth-order valence-electron chi connectivity index (χ4n) is 3.23. The van der Waals surface area contributed by atoms with Crippen molar-refractivity contribution in [2.45, 2.75) is 39.0 Å². The molecule has 1 aromatic carbocycles. The van der Waals surface area contributed by atoms with Gasteiger partial charge in [0.2, 0.25) is 10.0 Å². The van der Waals surface area contributed by atoms with Crippen molar-refractivity contribution in [2.24, 2.45) is 5.92 Å². The molecule has 3 rings (SSSR count). The van der Waals surface area contributed by atoms with Crippen molar-refractivity contribution in [2.75, 3.05) is 29.8 Å². The molecule has 0 radical (unpaired) electrons. The number of hydrogen-bond acceptors (Lipinski definition) is 3. The Morgan fingerprint density at radius 1 is 1.32 bits per heavy atom. The van der Waals surface area contributed by atoms with Gasteiger partial charge in [0.1, 0.15) is 0 Å². The molecule has 0 amide bonds. The number of ether oxygens (including phenoxy) is 1. The second-order valence-electron chi connectivity index (χ2n) is 7.42. The fourth-order valence-corrected chi connectivity index (χ4v) is 5.12. The molecule has 122 valence electrons. The zero-order valence-electron chi connectivity index (χ0n) is 13.6. The Balaban J connectivity index is 1.84. The SMILES string of the molecule is CC(C)(C)c1ccc2c(c1)CCN2S(=O)(=O)CC1CCOC1. The smallest absolute Gasteiger partial charge is 0.235 e. The number of rotatable bonds is 3. The van der Waals surface area contributed by atoms with Crippen LogP contribution in [0, 0.1) is 5.92 Å². The van der Waals surface area contributed by atoms with E-state index in [1.54, 1.807) is 4.31 Å². The molecule has 5 heteroatoms. The third-order valence-electron chi connectivity index (χ3n) is 4.60. The zero-order valence-corrected chi connectivity index (χ0v) is 14.4. The summed E-state index contributed by atoms with van der Waals surface area (Å²) in [7, 11) is -3.25. The van der Waals surface area contributed by atoms with Crippen molar-refractivity contribution in [3.8, 4) is 0 Å². The Bertz CT molecular complexity index is 655. The lowest BCUT2D eigenvalue weighted by molar-refractivity contribution is 0.188. The van der Waals surface area contributed by atoms with E-state index >= 15 is 0 Å². The van der Waals surface area contributed by atoms with E-state index in [9.17, 15) is 8.42 Å². The van der Waals surface area contributed by atoms with Crippen LogP contribution >= 0.6 is 0 Å². The topological polar surface area (TPSA) is 46.6 Å². The van der Waals surface area contributed by atoms with E-state index in [1.807, 2.05) is 6.07 Å². The first-order valence-corrected chi connectivity index (χ1v) is 9.60. The maximum Gasteiger partial charge on any atom is 0.235 e. The summed E-state index contributed by atoms with van der Waals surface area (Å²) in [6.07, 6.45) is 1.66. The Morgan fingerprint density at radius 3 is 2.73 bits per heavy atom. The van der Waals surface area contributed by atoms with Crippen LogP contribution in [0.1, 0.15) is 38.3 Å². The van der Waals surface area contributed by atoms with E-state index < -0.39 is 10.0 Å². The minimum Gasteiger partial charge on any atom is -0.381 e. The molecule has 1 atom stereocenters. The van der Waals surface area contributed by atoms with Crippen molar-refractivity contribution >= 4 is 15.7 Å². The lowest BCUT2D eigenvalue weighted by Gasteiger charge is -2.23. The first-order chi connectivity index (χ1) is 10.3. The van der Waals surface area contributed by atoms with Gasteiger partial charge >= 0.3 is 0 Å². The highest BCUT2D eigenvalue weighted by Gasteiger charge is 2.33. The Labute approximate surface area is 133 Å². The standard InChI is InChI=1S/C17H25NO3S/c1-17(2,3)15-4-5-16-14(10-15)6-8-18(16)22(19,20)12-13-7-9-21-11-13/h4-5,10,13H,6-9,11-12H2,1-3H3. The van der Waals surface area contributed by atoms with Crippen LogP contribution in [-0.2, 0) is 26.6 Å². The van der Waals surface area contributed by atoms with Crippen molar-refractivity contribution in [1.29, 1.82) is 0 Å². The summed E-state index contributed by atoms with van der Waals surface area (Å²) in [5.41, 5.74) is 3.36. The van der Waals surface area contributed by atoms with E-state index in [0.717, 1.165) is 24.1 Å². The van der Waals surface area contributed by atoms with E-state index in [2.05, 4.69) is 32.9 Å². The minimum atomic E-state index is -3.25. The van der Waals surface area contributed by atoms with E-state index in [4.69, 9.17) is 4.74 Å². The maximum atomic E-state index is 12.7. The summed E-state index contributed by atoms with van der Waals surface area (Å²) in [6, 6.07) is 6.21. The number of anilines is 1. The largest absolute Gasteiger partial charge is 0.381 e. The minimum absolute atomic E-state index is 0.0858. The third-order valence-corrected chi connectivity index (χ3v) is 6.55. The van der Waals surface area contributed by atoms with Crippen LogP contribution in [0.25, 0.3) is 0 Å². The first kappa shape index (κ1) is 15.8. The van der Waals surface area contributed by atoms with Gasteiger partial charge < -0.3 is 4.74 Å². The van der Waals surface area contributed by atoms with Crippen molar-refractivity contribution in [3.63, 3.8) is 0 Å². The molecule has 2 aliphatic rings. The van der Waals surface area contributed by atoms with Crippen LogP contribution in [0.15, 0.2) is 18.2 Å². The summed E-state index contributed by atoms with van der Waals surface area (Å²) in [4.78, 5) is 0. The lowest BCUT2D eigenvalue weighted by atomic mass is 9.86. The molecule has 1 saturated heterocycles. The van der Waals surface area contributed by atoms with Crippen LogP contribution in [-0.4, -0.2) is 33.9 Å². The highest BCUT2D eigenvalue weighted by molar-refractivity contribution is 7.92. The molecule has 1 fully saturated rings. The summed E-state index contributed by atoms with van der Waals surface area (Å²) in [5.74, 6) is 0.343. The molecule has 0 aromatic heterocycles. The van der Waals surface area contributed by atoms with Crippen molar-refractivity contribution < 1.29 is 13.2 Å². The van der Waals surface area contributed by atoms with Gasteiger partial charge in [-0.15, -0.1) is 0 Å². The van der Waals surface area contributed by atoms with E-state index in [-0.39, 0.29) is 17.1 Å². The molecule has 0 N–H and O–H groups in total. The molecular formula is C17H25NO3S. The summed E-state index contributed by atoms with van der Waals surface area (Å²) >= 11 is 0. The Kier molecular flexibility index (Phi) is 3.98. The van der Waals surface area contributed by atoms with Crippen molar-refractivity contribution in [1.82, 2.24) is 0 Å². The average Bonchev–Trinajstić information content (AvgIpc) is 3.04. The van der Waals surface area contributed by atoms with Crippen LogP contribution in [0.3, 0.4) is 0 Å². The zero-order chi connectivity index (χ0) is 16.0. The summed E-state index contributed by atoms with van der Waals surface area (Å²) < 4.78 is 32.3. The van der Waals surface area contributed by atoms with Crippen molar-refractivity contribution in [3.05, 3.63) is 29.3 Å². The predicted octanol–water partition coefficient (Wildman–Crippen LogP) is 2.71. The van der Waals surface area contributed by atoms with Gasteiger partial charge in [-0.05, 0) is 35.4 Å². The van der Waals surface area contributed by atoms with Gasteiger partial charge in [-0.25, -0.2) is 8.42 Å². The predicted molar refractivity (Wildman–Crippen MR) is 88.9 cm³/mol. The van der Waals surface area contributed by atoms with Crippen LogP contribution in [0.2, 0.25) is 0 Å². The fraction of sp³-hybridized carbons (Fsp3) is 0.647. The lowest BCUT2D eigenvalue weighted by Crippen LogP contribution is -2.34. The van der Waals surface area contributed by atoms with Gasteiger partial charge in [0.15, 0.2) is 0 Å². The molecule has 0 spiro atoms. The molecule has 0 saturated carbocycles. The molecule has 1 unspecified atom stereocenters. The molecule has 0 bridgehead atoms. The van der Waals surface area contributed by atoms with Gasteiger partial charge in [-0.3, -0.25) is 4.31 Å². The van der Waals surface area contributed by atoms with Crippen LogP contribution < -0.4 is 4.31 Å². The molecular weight excluding hydrogens is 298 g/mol. The quantitative estimate of drug-likeness (QED) is 0.859. The Hall–Kier alpha value is -1.07. The molecule has 2 heterocycles. The molecule has 4 nitrogen and oxygen atoms in total. The summed E-state index contributed by atoms with van der Waals surface area (Å²) in [5, 5.41) is 0. The second kappa shape index (κ2) is 5.53. The molecule has 2 aliphatic heterocycles. The monoisotopic (exact) mass is 323 g/mol. The second-order valence-corrected chi connectivity index (χ2v) is 9.36. The normalized spacial score (nSPS) is 22.1. The Morgan fingerprint density at radius 2 is 2.09 bits per heavy atom. The summed E-state index contributed by atoms with van der Waals surface area (Å²) in [6.45, 7) is 8.36. The molecule has 22 heavy (non-hydrogen) atoms. The number of benzene rings is 1. The molecule has 1 aromatic rings. The van der Waals surface area contributed by atoms with Gasteiger partial charge in [0, 0.05) is 19.1 Å². The van der Waals surface area contributed by atoms with Gasteiger partial charge in [-0.1, -0.05) is 32.9 Å². The number of fused-ring (bicyclic) bond motifs is 1. The van der Waals surface area contributed by atoms with Crippen LogP contribution in [0.5, 0.6) is 0 Å². The van der Waals surface area contributed by atoms with Gasteiger partial charge in [-0.2, -0.15) is 0 Å². The third kappa shape index (κ3) is 3.01. The highest BCUT2D eigenvalue weighted by atomic mass is 32.2.